The Hall–Kier alpha value is -1.79. The molecule has 124 valence electrons. The smallest absolute Gasteiger partial charge is 0.191 e. The van der Waals surface area contributed by atoms with Crippen LogP contribution in [0.15, 0.2) is 46.9 Å². The topological polar surface area (TPSA) is 39.9 Å². The first kappa shape index (κ1) is 15.7. The zero-order valence-corrected chi connectivity index (χ0v) is 15.1. The Balaban J connectivity index is 1.39. The predicted molar refractivity (Wildman–Crippen MR) is 99.0 cm³/mol. The van der Waals surface area contributed by atoms with E-state index in [4.69, 9.17) is 4.74 Å². The van der Waals surface area contributed by atoms with Crippen molar-refractivity contribution >= 4 is 23.1 Å². The first-order chi connectivity index (χ1) is 11.8. The van der Waals surface area contributed by atoms with Crippen LogP contribution < -0.4 is 4.74 Å². The highest BCUT2D eigenvalue weighted by Gasteiger charge is 2.30. The molecule has 4 nitrogen and oxygen atoms in total. The second-order valence-corrected chi connectivity index (χ2v) is 7.90. The van der Waals surface area contributed by atoms with Gasteiger partial charge in [-0.15, -0.1) is 21.5 Å². The monoisotopic (exact) mass is 357 g/mol. The lowest BCUT2D eigenvalue weighted by Crippen LogP contribution is -2.03. The van der Waals surface area contributed by atoms with Gasteiger partial charge < -0.3 is 4.74 Å². The zero-order chi connectivity index (χ0) is 16.4. The fraction of sp³-hybridized carbons (Fsp3) is 0.333. The van der Waals surface area contributed by atoms with E-state index in [0.717, 1.165) is 22.5 Å². The van der Waals surface area contributed by atoms with E-state index in [1.54, 1.807) is 23.1 Å². The molecule has 4 rings (SSSR count). The lowest BCUT2D eigenvalue weighted by atomic mass is 10.2. The number of aromatic nitrogens is 3. The molecule has 0 bridgehead atoms. The van der Waals surface area contributed by atoms with Gasteiger partial charge in [0.05, 0.1) is 11.5 Å². The molecule has 0 aliphatic heterocycles. The minimum atomic E-state index is 0.567. The van der Waals surface area contributed by atoms with Crippen LogP contribution in [0.5, 0.6) is 5.75 Å². The number of nitrogens with zero attached hydrogens (tertiary/aromatic N) is 3. The minimum absolute atomic E-state index is 0.567. The Kier molecular flexibility index (Phi) is 4.58. The number of rotatable bonds is 7. The third-order valence-electron chi connectivity index (χ3n) is 3.92. The third-order valence-corrected chi connectivity index (χ3v) is 5.70. The summed E-state index contributed by atoms with van der Waals surface area (Å²) in [5.41, 5.74) is 1.25. The Morgan fingerprint density at radius 1 is 1.21 bits per heavy atom. The standard InChI is InChI=1S/C18H19N3OS2/c1-13-4-8-15(9-5-13)22-10-12-24-18-20-19-17(16-3-2-11-23-16)21(18)14-6-7-14/h2-5,8-9,11,14H,6-7,10,12H2,1H3. The predicted octanol–water partition coefficient (Wildman–Crippen LogP) is 4.82. The number of aryl methyl sites for hydroxylation is 1. The molecule has 1 fully saturated rings. The molecule has 0 spiro atoms. The maximum Gasteiger partial charge on any atom is 0.191 e. The summed E-state index contributed by atoms with van der Waals surface area (Å²) in [5, 5.41) is 11.9. The molecule has 0 radical (unpaired) electrons. The lowest BCUT2D eigenvalue weighted by Gasteiger charge is -2.08. The van der Waals surface area contributed by atoms with Gasteiger partial charge in [-0.05, 0) is 43.3 Å². The van der Waals surface area contributed by atoms with Crippen molar-refractivity contribution in [3.05, 3.63) is 47.3 Å². The first-order valence-corrected chi connectivity index (χ1v) is 9.99. The maximum atomic E-state index is 5.80. The van der Waals surface area contributed by atoms with Crippen molar-refractivity contribution in [2.24, 2.45) is 0 Å². The number of thiophene rings is 1. The van der Waals surface area contributed by atoms with Crippen molar-refractivity contribution in [2.75, 3.05) is 12.4 Å². The Morgan fingerprint density at radius 2 is 2.04 bits per heavy atom. The van der Waals surface area contributed by atoms with Crippen molar-refractivity contribution in [2.45, 2.75) is 31.0 Å². The van der Waals surface area contributed by atoms with Crippen molar-refractivity contribution in [3.8, 4) is 16.5 Å². The molecule has 6 heteroatoms. The molecule has 0 unspecified atom stereocenters. The van der Waals surface area contributed by atoms with Gasteiger partial charge in [-0.2, -0.15) is 0 Å². The van der Waals surface area contributed by atoms with Crippen molar-refractivity contribution in [3.63, 3.8) is 0 Å². The quantitative estimate of drug-likeness (QED) is 0.449. The maximum absolute atomic E-state index is 5.80. The number of benzene rings is 1. The molecule has 0 N–H and O–H groups in total. The normalized spacial score (nSPS) is 14.0. The van der Waals surface area contributed by atoms with Crippen molar-refractivity contribution in [1.82, 2.24) is 14.8 Å². The largest absolute Gasteiger partial charge is 0.493 e. The van der Waals surface area contributed by atoms with Crippen LogP contribution in [0.2, 0.25) is 0 Å². The fourth-order valence-electron chi connectivity index (χ4n) is 2.54. The van der Waals surface area contributed by atoms with Crippen LogP contribution in [0.3, 0.4) is 0 Å². The highest BCUT2D eigenvalue weighted by Crippen LogP contribution is 2.41. The van der Waals surface area contributed by atoms with Gasteiger partial charge >= 0.3 is 0 Å². The lowest BCUT2D eigenvalue weighted by molar-refractivity contribution is 0.343. The molecule has 1 aliphatic carbocycles. The summed E-state index contributed by atoms with van der Waals surface area (Å²) >= 11 is 3.44. The van der Waals surface area contributed by atoms with Crippen molar-refractivity contribution in [1.29, 1.82) is 0 Å². The number of hydrogen-bond donors (Lipinski definition) is 0. The second-order valence-electron chi connectivity index (χ2n) is 5.89. The third kappa shape index (κ3) is 3.49. The average Bonchev–Trinajstić information content (AvgIpc) is 3.11. The SMILES string of the molecule is Cc1ccc(OCCSc2nnc(-c3cccs3)n2C2CC2)cc1. The highest BCUT2D eigenvalue weighted by molar-refractivity contribution is 7.99. The Bertz CT molecular complexity index is 792. The van der Waals surface area contributed by atoms with E-state index in [2.05, 4.69) is 51.3 Å². The molecule has 24 heavy (non-hydrogen) atoms. The van der Waals surface area contributed by atoms with Crippen molar-refractivity contribution < 1.29 is 4.74 Å². The molecule has 2 heterocycles. The van der Waals surface area contributed by atoms with Gasteiger partial charge in [-0.1, -0.05) is 35.5 Å². The molecule has 0 atom stereocenters. The van der Waals surface area contributed by atoms with E-state index in [1.165, 1.54) is 23.3 Å². The van der Waals surface area contributed by atoms with Crippen LogP contribution in [-0.4, -0.2) is 27.1 Å². The van der Waals surface area contributed by atoms with Gasteiger partial charge in [0.25, 0.3) is 0 Å². The van der Waals surface area contributed by atoms with E-state index in [0.29, 0.717) is 12.6 Å². The number of hydrogen-bond acceptors (Lipinski definition) is 5. The van der Waals surface area contributed by atoms with Crippen LogP contribution in [0.1, 0.15) is 24.4 Å². The molecule has 1 aliphatic rings. The molecule has 1 saturated carbocycles. The van der Waals surface area contributed by atoms with Gasteiger partial charge in [0.1, 0.15) is 5.75 Å². The summed E-state index contributed by atoms with van der Waals surface area (Å²) in [6.45, 7) is 2.75. The van der Waals surface area contributed by atoms with Gasteiger partial charge in [0.2, 0.25) is 0 Å². The molecule has 0 saturated heterocycles. The summed E-state index contributed by atoms with van der Waals surface area (Å²) in [6, 6.07) is 12.9. The summed E-state index contributed by atoms with van der Waals surface area (Å²) in [7, 11) is 0. The van der Waals surface area contributed by atoms with Crippen LogP contribution in [0, 0.1) is 6.92 Å². The number of ether oxygens (including phenoxy) is 1. The molecular weight excluding hydrogens is 338 g/mol. The molecule has 3 aromatic rings. The minimum Gasteiger partial charge on any atom is -0.493 e. The average molecular weight is 358 g/mol. The van der Waals surface area contributed by atoms with Crippen LogP contribution in [-0.2, 0) is 0 Å². The molecular formula is C18H19N3OS2. The number of thioether (sulfide) groups is 1. The Morgan fingerprint density at radius 3 is 2.75 bits per heavy atom. The fourth-order valence-corrected chi connectivity index (χ4v) is 4.07. The van der Waals surface area contributed by atoms with E-state index < -0.39 is 0 Å². The Labute approximate surface area is 149 Å². The van der Waals surface area contributed by atoms with E-state index >= 15 is 0 Å². The first-order valence-electron chi connectivity index (χ1n) is 8.12. The molecule has 2 aromatic heterocycles. The highest BCUT2D eigenvalue weighted by atomic mass is 32.2. The summed E-state index contributed by atoms with van der Waals surface area (Å²) in [6.07, 6.45) is 2.45. The summed E-state index contributed by atoms with van der Waals surface area (Å²) < 4.78 is 8.11. The zero-order valence-electron chi connectivity index (χ0n) is 13.5. The van der Waals surface area contributed by atoms with E-state index in [-0.39, 0.29) is 0 Å². The van der Waals surface area contributed by atoms with Gasteiger partial charge in [0.15, 0.2) is 11.0 Å². The van der Waals surface area contributed by atoms with E-state index in [9.17, 15) is 0 Å². The summed E-state index contributed by atoms with van der Waals surface area (Å²) in [4.78, 5) is 1.19. The van der Waals surface area contributed by atoms with Gasteiger partial charge in [-0.3, -0.25) is 4.57 Å². The van der Waals surface area contributed by atoms with Crippen LogP contribution in [0.4, 0.5) is 0 Å². The van der Waals surface area contributed by atoms with Crippen LogP contribution >= 0.6 is 23.1 Å². The molecule has 1 aromatic carbocycles. The second kappa shape index (κ2) is 6.99. The summed E-state index contributed by atoms with van der Waals surface area (Å²) in [5.74, 6) is 2.79. The van der Waals surface area contributed by atoms with Crippen LogP contribution in [0.25, 0.3) is 10.7 Å². The van der Waals surface area contributed by atoms with E-state index in [1.807, 2.05) is 12.1 Å². The van der Waals surface area contributed by atoms with Gasteiger partial charge in [-0.25, -0.2) is 0 Å². The van der Waals surface area contributed by atoms with Gasteiger partial charge in [0, 0.05) is 11.8 Å². The molecule has 0 amide bonds.